The van der Waals surface area contributed by atoms with Gasteiger partial charge < -0.3 is 14.0 Å². The van der Waals surface area contributed by atoms with Crippen molar-refractivity contribution in [2.75, 3.05) is 20.3 Å². The lowest BCUT2D eigenvalue weighted by atomic mass is 10.4. The first kappa shape index (κ1) is 15.1. The molecule has 0 fully saturated rings. The lowest BCUT2D eigenvalue weighted by molar-refractivity contribution is 0.129. The highest BCUT2D eigenvalue weighted by Gasteiger charge is 2.11. The number of nitrogens with zero attached hydrogens (tertiary/aromatic N) is 3. The Morgan fingerprint density at radius 2 is 2.10 bits per heavy atom. The summed E-state index contributed by atoms with van der Waals surface area (Å²) in [6.45, 7) is 4.44. The third-order valence-corrected chi connectivity index (χ3v) is 3.23. The highest BCUT2D eigenvalue weighted by Crippen LogP contribution is 2.19. The normalized spacial score (nSPS) is 11.2. The summed E-state index contributed by atoms with van der Waals surface area (Å²) in [6, 6.07) is 3.71. The van der Waals surface area contributed by atoms with Crippen LogP contribution in [0, 0.1) is 0 Å². The minimum Gasteiger partial charge on any atom is -0.481 e. The van der Waals surface area contributed by atoms with Gasteiger partial charge in [-0.1, -0.05) is 6.92 Å². The van der Waals surface area contributed by atoms with Gasteiger partial charge in [0.25, 0.3) is 0 Å². The van der Waals surface area contributed by atoms with Crippen molar-refractivity contribution in [2.45, 2.75) is 32.2 Å². The van der Waals surface area contributed by atoms with Crippen LogP contribution in [0.25, 0.3) is 11.2 Å². The van der Waals surface area contributed by atoms with Gasteiger partial charge in [-0.2, -0.15) is 4.98 Å². The van der Waals surface area contributed by atoms with E-state index in [4.69, 9.17) is 21.1 Å². The number of hydrogen-bond donors (Lipinski definition) is 0. The van der Waals surface area contributed by atoms with Gasteiger partial charge in [0.05, 0.1) is 13.0 Å². The molecular formula is C14H20ClN3O2. The average molecular weight is 298 g/mol. The van der Waals surface area contributed by atoms with Crippen LogP contribution in [-0.4, -0.2) is 34.9 Å². The van der Waals surface area contributed by atoms with Crippen molar-refractivity contribution in [3.05, 3.63) is 18.0 Å². The van der Waals surface area contributed by atoms with E-state index in [1.807, 2.05) is 16.7 Å². The molecule has 0 atom stereocenters. The smallest absolute Gasteiger partial charge is 0.215 e. The number of ether oxygens (including phenoxy) is 2. The number of rotatable bonds is 8. The Bertz CT molecular complexity index is 557. The van der Waals surface area contributed by atoms with Gasteiger partial charge in [-0.05, 0) is 18.9 Å². The maximum Gasteiger partial charge on any atom is 0.215 e. The Kier molecular flexibility index (Phi) is 5.61. The summed E-state index contributed by atoms with van der Waals surface area (Å²) in [4.78, 5) is 8.95. The number of methoxy groups -OCH3 is 1. The third kappa shape index (κ3) is 3.41. The molecule has 0 unspecified atom stereocenters. The molecule has 0 aromatic carbocycles. The van der Waals surface area contributed by atoms with E-state index >= 15 is 0 Å². The summed E-state index contributed by atoms with van der Waals surface area (Å²) >= 11 is 5.97. The monoisotopic (exact) mass is 297 g/mol. The predicted molar refractivity (Wildman–Crippen MR) is 79.4 cm³/mol. The Morgan fingerprint density at radius 1 is 1.25 bits per heavy atom. The number of pyridine rings is 1. The highest BCUT2D eigenvalue weighted by atomic mass is 35.5. The maximum atomic E-state index is 5.97. The molecule has 2 heterocycles. The van der Waals surface area contributed by atoms with Gasteiger partial charge >= 0.3 is 0 Å². The number of alkyl halides is 1. The molecule has 0 N–H and O–H groups in total. The highest BCUT2D eigenvalue weighted by molar-refractivity contribution is 6.16. The average Bonchev–Trinajstić information content (AvgIpc) is 2.84. The lowest BCUT2D eigenvalue weighted by Crippen LogP contribution is -2.07. The molecule has 2 rings (SSSR count). The Morgan fingerprint density at radius 3 is 2.80 bits per heavy atom. The summed E-state index contributed by atoms with van der Waals surface area (Å²) in [5.41, 5.74) is 1.66. The van der Waals surface area contributed by atoms with E-state index in [2.05, 4.69) is 16.9 Å². The first-order valence-corrected chi connectivity index (χ1v) is 7.37. The summed E-state index contributed by atoms with van der Waals surface area (Å²) < 4.78 is 12.7. The molecule has 0 bridgehead atoms. The molecule has 20 heavy (non-hydrogen) atoms. The molecule has 0 amide bonds. The number of aromatic nitrogens is 3. The summed E-state index contributed by atoms with van der Waals surface area (Å²) in [6.07, 6.45) is 1.95. The first-order valence-electron chi connectivity index (χ1n) is 6.84. The fourth-order valence-electron chi connectivity index (χ4n) is 2.05. The minimum atomic E-state index is 0.370. The summed E-state index contributed by atoms with van der Waals surface area (Å²) in [5.74, 6) is 1.79. The van der Waals surface area contributed by atoms with Crippen LogP contribution in [0.4, 0.5) is 0 Å². The van der Waals surface area contributed by atoms with Gasteiger partial charge in [-0.15, -0.1) is 11.6 Å². The van der Waals surface area contributed by atoms with Gasteiger partial charge in [-0.25, -0.2) is 4.98 Å². The van der Waals surface area contributed by atoms with Crippen LogP contribution in [0.3, 0.4) is 0 Å². The van der Waals surface area contributed by atoms with Crippen molar-refractivity contribution in [1.82, 2.24) is 14.5 Å². The van der Waals surface area contributed by atoms with E-state index in [-0.39, 0.29) is 0 Å². The zero-order chi connectivity index (χ0) is 14.4. The second-order valence-electron chi connectivity index (χ2n) is 4.48. The molecule has 0 radical (unpaired) electrons. The van der Waals surface area contributed by atoms with Crippen molar-refractivity contribution < 1.29 is 9.47 Å². The van der Waals surface area contributed by atoms with Crippen LogP contribution in [-0.2, 0) is 17.2 Å². The fraction of sp³-hybridized carbons (Fsp3) is 0.571. The SMILES string of the molecule is CCCOCCCn1c(CCl)nc2ccc(OC)nc21. The zero-order valence-corrected chi connectivity index (χ0v) is 12.7. The number of imidazole rings is 1. The van der Waals surface area contributed by atoms with Crippen molar-refractivity contribution in [1.29, 1.82) is 0 Å². The largest absolute Gasteiger partial charge is 0.481 e. The number of aryl methyl sites for hydroxylation is 1. The molecule has 2 aromatic rings. The van der Waals surface area contributed by atoms with E-state index in [1.54, 1.807) is 7.11 Å². The molecule has 2 aromatic heterocycles. The summed E-state index contributed by atoms with van der Waals surface area (Å²) in [7, 11) is 1.61. The van der Waals surface area contributed by atoms with E-state index in [9.17, 15) is 0 Å². The van der Waals surface area contributed by atoms with Crippen LogP contribution >= 0.6 is 11.6 Å². The Labute approximate surface area is 123 Å². The fourth-order valence-corrected chi connectivity index (χ4v) is 2.26. The molecule has 0 aliphatic rings. The second kappa shape index (κ2) is 7.45. The Hall–Kier alpha value is -1.33. The first-order chi connectivity index (χ1) is 9.80. The minimum absolute atomic E-state index is 0.370. The van der Waals surface area contributed by atoms with Crippen LogP contribution in [0.2, 0.25) is 0 Å². The Balaban J connectivity index is 2.16. The van der Waals surface area contributed by atoms with Crippen LogP contribution in [0.1, 0.15) is 25.6 Å². The van der Waals surface area contributed by atoms with E-state index in [0.717, 1.165) is 49.6 Å². The van der Waals surface area contributed by atoms with Crippen molar-refractivity contribution in [2.24, 2.45) is 0 Å². The molecule has 0 aliphatic heterocycles. The van der Waals surface area contributed by atoms with Gasteiger partial charge in [0.2, 0.25) is 5.88 Å². The predicted octanol–water partition coefficient (Wildman–Crippen LogP) is 3.00. The molecule has 0 saturated heterocycles. The molecule has 6 heteroatoms. The quantitative estimate of drug-likeness (QED) is 0.555. The molecule has 5 nitrogen and oxygen atoms in total. The van der Waals surface area contributed by atoms with Crippen molar-refractivity contribution in [3.63, 3.8) is 0 Å². The molecule has 110 valence electrons. The van der Waals surface area contributed by atoms with Gasteiger partial charge in [0.15, 0.2) is 5.65 Å². The van der Waals surface area contributed by atoms with Crippen LogP contribution in [0.15, 0.2) is 12.1 Å². The molecule has 0 aliphatic carbocycles. The van der Waals surface area contributed by atoms with Crippen LogP contribution < -0.4 is 4.74 Å². The van der Waals surface area contributed by atoms with E-state index in [1.165, 1.54) is 0 Å². The molecule has 0 saturated carbocycles. The number of halogens is 1. The van der Waals surface area contributed by atoms with Crippen LogP contribution in [0.5, 0.6) is 5.88 Å². The standard InChI is InChI=1S/C14H20ClN3O2/c1-3-8-20-9-4-7-18-12(10-15)16-11-5-6-13(19-2)17-14(11)18/h5-6H,3-4,7-10H2,1-2H3. The maximum absolute atomic E-state index is 5.97. The zero-order valence-electron chi connectivity index (χ0n) is 11.9. The molecule has 0 spiro atoms. The van der Waals surface area contributed by atoms with E-state index < -0.39 is 0 Å². The van der Waals surface area contributed by atoms with Crippen molar-refractivity contribution >= 4 is 22.8 Å². The number of fused-ring (bicyclic) bond motifs is 1. The van der Waals surface area contributed by atoms with E-state index in [0.29, 0.717) is 11.8 Å². The van der Waals surface area contributed by atoms with Gasteiger partial charge in [0.1, 0.15) is 11.3 Å². The summed E-state index contributed by atoms with van der Waals surface area (Å²) in [5, 5.41) is 0. The van der Waals surface area contributed by atoms with Gasteiger partial charge in [-0.3, -0.25) is 0 Å². The van der Waals surface area contributed by atoms with Crippen molar-refractivity contribution in [3.8, 4) is 5.88 Å². The van der Waals surface area contributed by atoms with Gasteiger partial charge in [0, 0.05) is 25.8 Å². The third-order valence-electron chi connectivity index (χ3n) is 2.99. The molecular weight excluding hydrogens is 278 g/mol. The lowest BCUT2D eigenvalue weighted by Gasteiger charge is -2.08. The second-order valence-corrected chi connectivity index (χ2v) is 4.74. The topological polar surface area (TPSA) is 49.2 Å². The number of hydrogen-bond acceptors (Lipinski definition) is 4.